The Morgan fingerprint density at radius 3 is 1.20 bits per heavy atom. The van der Waals surface area contributed by atoms with Gasteiger partial charge in [-0.2, -0.15) is 0 Å². The van der Waals surface area contributed by atoms with Gasteiger partial charge in [0.2, 0.25) is 0 Å². The molecule has 0 amide bonds. The van der Waals surface area contributed by atoms with Gasteiger partial charge in [0.05, 0.1) is 5.41 Å². The highest BCUT2D eigenvalue weighted by Gasteiger charge is 2.46. The normalized spacial score (nSPS) is 13.4. The smallest absolute Gasteiger partial charge is 0.0610 e. The van der Waals surface area contributed by atoms with Crippen molar-refractivity contribution in [2.75, 3.05) is 0 Å². The maximum absolute atomic E-state index is 2.52. The molecule has 59 heavy (non-hydrogen) atoms. The van der Waals surface area contributed by atoms with Crippen molar-refractivity contribution in [2.24, 2.45) is 0 Å². The van der Waals surface area contributed by atoms with Gasteiger partial charge in [0.15, 0.2) is 0 Å². The first-order chi connectivity index (χ1) is 29.0. The van der Waals surface area contributed by atoms with Crippen LogP contribution in [0.15, 0.2) is 194 Å². The second-order valence-electron chi connectivity index (χ2n) is 16.9. The molecule has 274 valence electrons. The molecule has 12 aromatic rings. The molecule has 0 unspecified atom stereocenters. The number of rotatable bonds is 4. The third-order valence-electron chi connectivity index (χ3n) is 13.8. The van der Waals surface area contributed by atoms with Gasteiger partial charge in [0, 0.05) is 0 Å². The number of hydrogen-bond acceptors (Lipinski definition) is 0. The van der Waals surface area contributed by atoms with Gasteiger partial charge in [-0.05, 0) is 146 Å². The minimum absolute atomic E-state index is 0.521. The van der Waals surface area contributed by atoms with Crippen molar-refractivity contribution in [1.82, 2.24) is 0 Å². The average molecular weight is 747 g/mol. The molecule has 0 N–H and O–H groups in total. The maximum atomic E-state index is 2.52. The molecule has 0 heteroatoms. The Morgan fingerprint density at radius 2 is 0.695 bits per heavy atom. The molecule has 0 heterocycles. The molecular formula is C59H38. The zero-order chi connectivity index (χ0) is 39.0. The molecule has 0 saturated carbocycles. The van der Waals surface area contributed by atoms with Gasteiger partial charge < -0.3 is 0 Å². The number of hydrogen-bond donors (Lipinski definition) is 0. The second-order valence-corrected chi connectivity index (χ2v) is 16.9. The Kier molecular flexibility index (Phi) is 6.60. The van der Waals surface area contributed by atoms with Crippen LogP contribution in [0.25, 0.3) is 98.0 Å². The second kappa shape index (κ2) is 11.9. The van der Waals surface area contributed by atoms with Crippen LogP contribution in [-0.4, -0.2) is 0 Å². The van der Waals surface area contributed by atoms with Gasteiger partial charge in [-0.3, -0.25) is 0 Å². The lowest BCUT2D eigenvalue weighted by molar-refractivity contribution is 0.768. The van der Waals surface area contributed by atoms with Crippen LogP contribution in [0.4, 0.5) is 0 Å². The molecule has 1 aliphatic carbocycles. The van der Waals surface area contributed by atoms with Crippen LogP contribution < -0.4 is 0 Å². The van der Waals surface area contributed by atoms with Crippen LogP contribution in [0, 0.1) is 13.8 Å². The summed E-state index contributed by atoms with van der Waals surface area (Å²) >= 11 is 0. The maximum Gasteiger partial charge on any atom is 0.0713 e. The first-order valence-electron chi connectivity index (χ1n) is 20.8. The van der Waals surface area contributed by atoms with Crippen LogP contribution in [0.2, 0.25) is 0 Å². The molecule has 0 nitrogen and oxygen atoms in total. The first-order valence-corrected chi connectivity index (χ1v) is 20.8. The van der Waals surface area contributed by atoms with Crippen LogP contribution in [0.5, 0.6) is 0 Å². The van der Waals surface area contributed by atoms with Crippen LogP contribution >= 0.6 is 0 Å². The third kappa shape index (κ3) is 4.44. The lowest BCUT2D eigenvalue weighted by atomic mass is 9.67. The average Bonchev–Trinajstić information content (AvgIpc) is 3.57. The van der Waals surface area contributed by atoms with E-state index in [1.165, 1.54) is 131 Å². The molecule has 0 atom stereocenters. The summed E-state index contributed by atoms with van der Waals surface area (Å²) in [6.07, 6.45) is 0. The number of benzene rings is 12. The molecule has 0 bridgehead atoms. The highest BCUT2D eigenvalue weighted by molar-refractivity contribution is 6.26. The monoisotopic (exact) mass is 746 g/mol. The molecule has 0 spiro atoms. The minimum atomic E-state index is -0.521. The zero-order valence-corrected chi connectivity index (χ0v) is 33.0. The van der Waals surface area contributed by atoms with E-state index in [1.807, 2.05) is 0 Å². The SMILES string of the molecule is Cc1ccc(C2(c3ccc(C)cc3)c3ccc(-c4ccc5ccc6cccc7ccc4c5c67)cc3-c3ccc(-c4ccc5ccc6cccc7ccc4c5c67)cc32)cc1. The Morgan fingerprint density at radius 1 is 0.288 bits per heavy atom. The lowest BCUT2D eigenvalue weighted by Crippen LogP contribution is -2.28. The Balaban J connectivity index is 1.10. The van der Waals surface area contributed by atoms with Crippen LogP contribution in [0.1, 0.15) is 33.4 Å². The van der Waals surface area contributed by atoms with Gasteiger partial charge in [-0.25, -0.2) is 0 Å². The zero-order valence-electron chi connectivity index (χ0n) is 33.0. The molecule has 12 aromatic carbocycles. The van der Waals surface area contributed by atoms with E-state index < -0.39 is 5.41 Å². The van der Waals surface area contributed by atoms with E-state index in [0.29, 0.717) is 0 Å². The quantitative estimate of drug-likeness (QED) is 0.157. The van der Waals surface area contributed by atoms with E-state index in [9.17, 15) is 0 Å². The minimum Gasteiger partial charge on any atom is -0.0610 e. The molecule has 0 aromatic heterocycles. The largest absolute Gasteiger partial charge is 0.0713 e. The van der Waals surface area contributed by atoms with Crippen molar-refractivity contribution < 1.29 is 0 Å². The van der Waals surface area contributed by atoms with E-state index in [2.05, 4.69) is 208 Å². The highest BCUT2D eigenvalue weighted by atomic mass is 14.5. The molecule has 0 radical (unpaired) electrons. The summed E-state index contributed by atoms with van der Waals surface area (Å²) in [6, 6.07) is 74.3. The van der Waals surface area contributed by atoms with E-state index in [-0.39, 0.29) is 0 Å². The fraction of sp³-hybridized carbons (Fsp3) is 0.0508. The third-order valence-corrected chi connectivity index (χ3v) is 13.8. The Hall–Kier alpha value is -7.28. The summed E-state index contributed by atoms with van der Waals surface area (Å²) in [5, 5.41) is 15.8. The molecule has 1 aliphatic rings. The highest BCUT2D eigenvalue weighted by Crippen LogP contribution is 2.58. The van der Waals surface area contributed by atoms with E-state index in [4.69, 9.17) is 0 Å². The van der Waals surface area contributed by atoms with Gasteiger partial charge in [0.25, 0.3) is 0 Å². The van der Waals surface area contributed by atoms with Crippen LogP contribution in [-0.2, 0) is 5.41 Å². The summed E-state index contributed by atoms with van der Waals surface area (Å²) < 4.78 is 0. The van der Waals surface area contributed by atoms with Crippen molar-refractivity contribution in [3.63, 3.8) is 0 Å². The Bertz CT molecular complexity index is 3580. The fourth-order valence-electron chi connectivity index (χ4n) is 11.0. The standard InChI is InChI=1S/C59H38/c1-35-9-23-45(24-10-35)59(46-25-11-36(2)12-26-46)53-32-22-43(47-27-17-41-15-13-37-5-3-7-39-19-30-50(47)57(41)55(37)39)33-52(53)49-29-21-44(34-54(49)59)48-28-18-42-16-14-38-6-4-8-40-20-31-51(48)58(42)56(38)40/h3-34H,1-2H3. The first kappa shape index (κ1) is 32.8. The van der Waals surface area contributed by atoms with Gasteiger partial charge in [-0.1, -0.05) is 193 Å². The summed E-state index contributed by atoms with van der Waals surface area (Å²) in [4.78, 5) is 0. The van der Waals surface area contributed by atoms with Crippen molar-refractivity contribution in [3.8, 4) is 33.4 Å². The van der Waals surface area contributed by atoms with Crippen molar-refractivity contribution in [1.29, 1.82) is 0 Å². The summed E-state index contributed by atoms with van der Waals surface area (Å²) in [6.45, 7) is 4.38. The lowest BCUT2D eigenvalue weighted by Gasteiger charge is -2.34. The van der Waals surface area contributed by atoms with Crippen molar-refractivity contribution >= 4 is 64.6 Å². The van der Waals surface area contributed by atoms with Crippen LogP contribution in [0.3, 0.4) is 0 Å². The predicted molar refractivity (Wildman–Crippen MR) is 251 cm³/mol. The van der Waals surface area contributed by atoms with E-state index in [1.54, 1.807) is 0 Å². The molecule has 0 fully saturated rings. The van der Waals surface area contributed by atoms with Gasteiger partial charge in [-0.15, -0.1) is 0 Å². The fourth-order valence-corrected chi connectivity index (χ4v) is 11.0. The summed E-state index contributed by atoms with van der Waals surface area (Å²) in [5.74, 6) is 0. The summed E-state index contributed by atoms with van der Waals surface area (Å²) in [5.41, 5.74) is 14.9. The molecule has 13 rings (SSSR count). The molecule has 0 saturated heterocycles. The van der Waals surface area contributed by atoms with E-state index in [0.717, 1.165) is 0 Å². The number of fused-ring (bicyclic) bond motifs is 3. The molecule has 0 aliphatic heterocycles. The van der Waals surface area contributed by atoms with Crippen molar-refractivity contribution in [2.45, 2.75) is 19.3 Å². The number of aryl methyl sites for hydroxylation is 2. The van der Waals surface area contributed by atoms with Gasteiger partial charge >= 0.3 is 0 Å². The predicted octanol–water partition coefficient (Wildman–Crippen LogP) is 15.8. The van der Waals surface area contributed by atoms with E-state index >= 15 is 0 Å². The Labute approximate surface area is 343 Å². The summed E-state index contributed by atoms with van der Waals surface area (Å²) in [7, 11) is 0. The topological polar surface area (TPSA) is 0 Å². The molecular weight excluding hydrogens is 709 g/mol. The van der Waals surface area contributed by atoms with Crippen molar-refractivity contribution in [3.05, 3.63) is 228 Å². The van der Waals surface area contributed by atoms with Gasteiger partial charge in [0.1, 0.15) is 0 Å².